The van der Waals surface area contributed by atoms with Crippen molar-refractivity contribution >= 4 is 23.5 Å². The van der Waals surface area contributed by atoms with Crippen LogP contribution in [-0.4, -0.2) is 53.2 Å². The number of benzene rings is 1. The van der Waals surface area contributed by atoms with Gasteiger partial charge in [0.15, 0.2) is 0 Å². The van der Waals surface area contributed by atoms with Crippen molar-refractivity contribution in [1.82, 2.24) is 4.90 Å². The molecule has 0 atom stereocenters. The molecule has 0 aliphatic heterocycles. The number of nitrogen functional groups attached to an aromatic ring is 1. The van der Waals surface area contributed by atoms with E-state index in [-0.39, 0.29) is 11.3 Å². The first-order valence-electron chi connectivity index (χ1n) is 5.51. The Morgan fingerprint density at radius 3 is 2.15 bits per heavy atom. The molecule has 4 N–H and O–H groups in total. The van der Waals surface area contributed by atoms with E-state index in [2.05, 4.69) is 0 Å². The van der Waals surface area contributed by atoms with Crippen LogP contribution in [-0.2, 0) is 9.59 Å². The summed E-state index contributed by atoms with van der Waals surface area (Å²) in [6, 6.07) is 4.23. The Morgan fingerprint density at radius 1 is 1.20 bits per heavy atom. The number of carboxylic acids is 2. The van der Waals surface area contributed by atoms with Crippen LogP contribution in [0, 0.1) is 0 Å². The van der Waals surface area contributed by atoms with Crippen LogP contribution in [0.15, 0.2) is 18.2 Å². The number of rotatable bonds is 6. The number of anilines is 1. The fraction of sp³-hybridized carbons (Fsp3) is 0.250. The second-order valence-electron chi connectivity index (χ2n) is 3.90. The molecule has 1 aromatic carbocycles. The lowest BCUT2D eigenvalue weighted by Gasteiger charge is -2.19. The van der Waals surface area contributed by atoms with Crippen LogP contribution in [0.3, 0.4) is 0 Å². The number of nitrogens with zero attached hydrogens (tertiary/aromatic N) is 1. The van der Waals surface area contributed by atoms with Gasteiger partial charge in [0.1, 0.15) is 18.8 Å². The van der Waals surface area contributed by atoms with Gasteiger partial charge in [0.2, 0.25) is 0 Å². The number of carboxylic acid groups (broad SMARTS) is 2. The van der Waals surface area contributed by atoms with Crippen molar-refractivity contribution in [2.45, 2.75) is 0 Å². The van der Waals surface area contributed by atoms with Gasteiger partial charge in [0.25, 0.3) is 5.91 Å². The molecule has 108 valence electrons. The Balaban J connectivity index is 3.04. The summed E-state index contributed by atoms with van der Waals surface area (Å²) in [6.07, 6.45) is 0. The maximum absolute atomic E-state index is 12.1. The van der Waals surface area contributed by atoms with Gasteiger partial charge in [-0.2, -0.15) is 0 Å². The van der Waals surface area contributed by atoms with E-state index in [9.17, 15) is 14.4 Å². The lowest BCUT2D eigenvalue weighted by molar-refractivity contribution is -0.140. The van der Waals surface area contributed by atoms with E-state index >= 15 is 0 Å². The van der Waals surface area contributed by atoms with Crippen molar-refractivity contribution in [3.63, 3.8) is 0 Å². The first-order valence-corrected chi connectivity index (χ1v) is 5.51. The molecule has 0 aromatic heterocycles. The molecule has 0 saturated carbocycles. The van der Waals surface area contributed by atoms with E-state index in [0.717, 1.165) is 0 Å². The molecule has 0 saturated heterocycles. The zero-order valence-corrected chi connectivity index (χ0v) is 10.7. The molecule has 0 aliphatic carbocycles. The van der Waals surface area contributed by atoms with Gasteiger partial charge in [0.05, 0.1) is 12.7 Å². The average Bonchev–Trinajstić information content (AvgIpc) is 2.35. The maximum Gasteiger partial charge on any atom is 0.323 e. The highest BCUT2D eigenvalue weighted by molar-refractivity contribution is 6.01. The second-order valence-corrected chi connectivity index (χ2v) is 3.90. The standard InChI is InChI=1S/C12H14N2O6/c1-20-7-2-3-8(9(13)4-7)12(19)14(5-10(15)16)6-11(17)18/h2-4H,5-6,13H2,1H3,(H,15,16)(H,17,18). The maximum atomic E-state index is 12.1. The average molecular weight is 282 g/mol. The van der Waals surface area contributed by atoms with Crippen LogP contribution in [0.2, 0.25) is 0 Å². The molecule has 0 fully saturated rings. The summed E-state index contributed by atoms with van der Waals surface area (Å²) in [5.74, 6) is -2.96. The lowest BCUT2D eigenvalue weighted by Crippen LogP contribution is -2.39. The molecule has 0 spiro atoms. The van der Waals surface area contributed by atoms with Crippen LogP contribution in [0.5, 0.6) is 5.75 Å². The normalized spacial score (nSPS) is 9.85. The highest BCUT2D eigenvalue weighted by Gasteiger charge is 2.22. The minimum atomic E-state index is -1.31. The number of hydrogen-bond donors (Lipinski definition) is 3. The third-order valence-electron chi connectivity index (χ3n) is 2.43. The molecular formula is C12H14N2O6. The Bertz CT molecular complexity index is 527. The Hall–Kier alpha value is -2.77. The van der Waals surface area contributed by atoms with Gasteiger partial charge in [-0.15, -0.1) is 0 Å². The molecule has 0 bridgehead atoms. The fourth-order valence-electron chi connectivity index (χ4n) is 1.56. The van der Waals surface area contributed by atoms with E-state index in [0.29, 0.717) is 10.6 Å². The van der Waals surface area contributed by atoms with Crippen molar-refractivity contribution in [2.24, 2.45) is 0 Å². The Morgan fingerprint density at radius 2 is 1.75 bits per heavy atom. The summed E-state index contributed by atoms with van der Waals surface area (Å²) in [7, 11) is 1.43. The summed E-state index contributed by atoms with van der Waals surface area (Å²) in [6.45, 7) is -1.45. The molecule has 1 amide bonds. The number of carbonyl (C=O) groups excluding carboxylic acids is 1. The molecule has 8 heteroatoms. The summed E-state index contributed by atoms with van der Waals surface area (Å²) < 4.78 is 4.93. The number of nitrogens with two attached hydrogens (primary N) is 1. The second kappa shape index (κ2) is 6.41. The number of hydrogen-bond acceptors (Lipinski definition) is 5. The van der Waals surface area contributed by atoms with E-state index < -0.39 is 30.9 Å². The van der Waals surface area contributed by atoms with E-state index in [1.807, 2.05) is 0 Å². The van der Waals surface area contributed by atoms with Gasteiger partial charge in [-0.25, -0.2) is 0 Å². The SMILES string of the molecule is COc1ccc(C(=O)N(CC(=O)O)CC(=O)O)c(N)c1. The van der Waals surface area contributed by atoms with Gasteiger partial charge in [0, 0.05) is 11.8 Å². The first kappa shape index (κ1) is 15.3. The third-order valence-corrected chi connectivity index (χ3v) is 2.43. The first-order chi connectivity index (χ1) is 9.35. The van der Waals surface area contributed by atoms with Crippen molar-refractivity contribution in [1.29, 1.82) is 0 Å². The minimum Gasteiger partial charge on any atom is -0.497 e. The predicted octanol–water partition coefficient (Wildman–Crippen LogP) is -0.111. The number of amides is 1. The molecule has 0 heterocycles. The molecule has 0 unspecified atom stereocenters. The zero-order valence-electron chi connectivity index (χ0n) is 10.7. The van der Waals surface area contributed by atoms with Crippen LogP contribution in [0.4, 0.5) is 5.69 Å². The van der Waals surface area contributed by atoms with Crippen molar-refractivity contribution in [3.8, 4) is 5.75 Å². The highest BCUT2D eigenvalue weighted by atomic mass is 16.5. The minimum absolute atomic E-state index is 0.0216. The predicted molar refractivity (Wildman–Crippen MR) is 68.6 cm³/mol. The molecular weight excluding hydrogens is 268 g/mol. The Labute approximate surface area is 114 Å². The van der Waals surface area contributed by atoms with Crippen LogP contribution in [0.1, 0.15) is 10.4 Å². The quantitative estimate of drug-likeness (QED) is 0.620. The van der Waals surface area contributed by atoms with E-state index in [4.69, 9.17) is 20.7 Å². The number of aliphatic carboxylic acids is 2. The molecule has 8 nitrogen and oxygen atoms in total. The molecule has 0 aliphatic rings. The number of ether oxygens (including phenoxy) is 1. The van der Waals surface area contributed by atoms with Crippen molar-refractivity contribution in [3.05, 3.63) is 23.8 Å². The molecule has 0 radical (unpaired) electrons. The van der Waals surface area contributed by atoms with Crippen LogP contribution < -0.4 is 10.5 Å². The molecule has 1 aromatic rings. The zero-order chi connectivity index (χ0) is 15.3. The largest absolute Gasteiger partial charge is 0.497 e. The van der Waals surface area contributed by atoms with Gasteiger partial charge in [-0.3, -0.25) is 14.4 Å². The summed E-state index contributed by atoms with van der Waals surface area (Å²) in [4.78, 5) is 34.1. The third kappa shape index (κ3) is 3.87. The monoisotopic (exact) mass is 282 g/mol. The summed E-state index contributed by atoms with van der Waals surface area (Å²) in [5, 5.41) is 17.4. The van der Waals surface area contributed by atoms with Gasteiger partial charge < -0.3 is 25.6 Å². The van der Waals surface area contributed by atoms with E-state index in [1.165, 1.54) is 25.3 Å². The Kier molecular flexibility index (Phi) is 4.90. The van der Waals surface area contributed by atoms with E-state index in [1.54, 1.807) is 0 Å². The smallest absolute Gasteiger partial charge is 0.323 e. The highest BCUT2D eigenvalue weighted by Crippen LogP contribution is 2.21. The van der Waals surface area contributed by atoms with Gasteiger partial charge in [-0.05, 0) is 12.1 Å². The molecule has 1 rings (SSSR count). The fourth-order valence-corrected chi connectivity index (χ4v) is 1.56. The van der Waals surface area contributed by atoms with Crippen LogP contribution in [0.25, 0.3) is 0 Å². The molecule has 20 heavy (non-hydrogen) atoms. The summed E-state index contributed by atoms with van der Waals surface area (Å²) >= 11 is 0. The van der Waals surface area contributed by atoms with Crippen molar-refractivity contribution < 1.29 is 29.3 Å². The van der Waals surface area contributed by atoms with Crippen LogP contribution >= 0.6 is 0 Å². The lowest BCUT2D eigenvalue weighted by atomic mass is 10.1. The number of carbonyl (C=O) groups is 3. The summed E-state index contributed by atoms with van der Waals surface area (Å²) in [5.41, 5.74) is 5.78. The van der Waals surface area contributed by atoms with Gasteiger partial charge in [-0.1, -0.05) is 0 Å². The number of methoxy groups -OCH3 is 1. The van der Waals surface area contributed by atoms with Crippen molar-refractivity contribution in [2.75, 3.05) is 25.9 Å². The topological polar surface area (TPSA) is 130 Å². The van der Waals surface area contributed by atoms with Gasteiger partial charge >= 0.3 is 11.9 Å².